The van der Waals surface area contributed by atoms with Crippen LogP contribution in [-0.2, 0) is 4.79 Å². The van der Waals surface area contributed by atoms with Crippen molar-refractivity contribution in [2.24, 2.45) is 5.92 Å². The van der Waals surface area contributed by atoms with Gasteiger partial charge in [0.15, 0.2) is 0 Å². The number of halogens is 1. The molecule has 0 spiro atoms. The zero-order valence-corrected chi connectivity index (χ0v) is 11.1. The smallest absolute Gasteiger partial charge is 0.229 e. The van der Waals surface area contributed by atoms with Crippen LogP contribution in [0.2, 0.25) is 0 Å². The zero-order chi connectivity index (χ0) is 12.3. The average molecular weight is 239 g/mol. The fourth-order valence-corrected chi connectivity index (χ4v) is 2.27. The molecule has 0 radical (unpaired) electrons. The van der Waals surface area contributed by atoms with Crippen molar-refractivity contribution < 1.29 is 4.79 Å². The molecule has 0 amide bonds. The molecule has 0 aliphatic carbocycles. The van der Waals surface area contributed by atoms with Gasteiger partial charge in [0, 0.05) is 0 Å². The highest BCUT2D eigenvalue weighted by atomic mass is 35.5. The molecule has 0 fully saturated rings. The van der Waals surface area contributed by atoms with Gasteiger partial charge in [0.1, 0.15) is 0 Å². The summed E-state index contributed by atoms with van der Waals surface area (Å²) in [5.74, 6) is 0.506. The summed E-state index contributed by atoms with van der Waals surface area (Å²) in [7, 11) is 0. The summed E-state index contributed by atoms with van der Waals surface area (Å²) >= 11 is 5.67. The molecule has 0 saturated heterocycles. The van der Waals surface area contributed by atoms with Crippen molar-refractivity contribution in [3.63, 3.8) is 0 Å². The van der Waals surface area contributed by atoms with Crippen LogP contribution in [0.25, 0.3) is 0 Å². The Kier molecular flexibility index (Phi) is 4.55. The average Bonchev–Trinajstić information content (AvgIpc) is 2.16. The molecule has 2 heteroatoms. The molecule has 0 aliphatic rings. The maximum absolute atomic E-state index is 11.4. The molecule has 1 nitrogen and oxygen atoms in total. The van der Waals surface area contributed by atoms with Crippen LogP contribution in [0.3, 0.4) is 0 Å². The second-order valence-corrected chi connectivity index (χ2v) is 5.22. The first kappa shape index (κ1) is 13.2. The van der Waals surface area contributed by atoms with Gasteiger partial charge in [-0.05, 0) is 34.6 Å². The van der Waals surface area contributed by atoms with Gasteiger partial charge >= 0.3 is 0 Å². The number of benzene rings is 1. The summed E-state index contributed by atoms with van der Waals surface area (Å²) in [4.78, 5) is 11.4. The Morgan fingerprint density at radius 3 is 2.12 bits per heavy atom. The topological polar surface area (TPSA) is 17.1 Å². The largest absolute Gasteiger partial charge is 0.281 e. The molecule has 0 N–H and O–H groups in total. The Labute approximate surface area is 103 Å². The van der Waals surface area contributed by atoms with E-state index in [2.05, 4.69) is 26.0 Å². The highest BCUT2D eigenvalue weighted by Crippen LogP contribution is 2.29. The molecule has 0 saturated carbocycles. The van der Waals surface area contributed by atoms with Crippen molar-refractivity contribution in [2.75, 3.05) is 0 Å². The third kappa shape index (κ3) is 3.08. The minimum Gasteiger partial charge on any atom is -0.281 e. The Morgan fingerprint density at radius 2 is 1.69 bits per heavy atom. The first-order valence-electron chi connectivity index (χ1n) is 5.72. The van der Waals surface area contributed by atoms with E-state index in [1.54, 1.807) is 0 Å². The van der Waals surface area contributed by atoms with Crippen molar-refractivity contribution in [3.05, 3.63) is 35.4 Å². The van der Waals surface area contributed by atoms with E-state index < -0.39 is 0 Å². The van der Waals surface area contributed by atoms with Gasteiger partial charge in [0.05, 0.1) is 5.92 Å². The quantitative estimate of drug-likeness (QED) is 0.715. The first-order chi connectivity index (χ1) is 7.43. The van der Waals surface area contributed by atoms with Gasteiger partial charge in [-0.2, -0.15) is 0 Å². The predicted octanol–water partition coefficient (Wildman–Crippen LogP) is 4.32. The van der Waals surface area contributed by atoms with Crippen LogP contribution < -0.4 is 0 Å². The molecule has 1 unspecified atom stereocenters. The van der Waals surface area contributed by atoms with E-state index in [-0.39, 0.29) is 17.1 Å². The first-order valence-corrected chi connectivity index (χ1v) is 6.10. The van der Waals surface area contributed by atoms with Gasteiger partial charge in [0.25, 0.3) is 0 Å². The van der Waals surface area contributed by atoms with E-state index in [4.69, 9.17) is 11.6 Å². The predicted molar refractivity (Wildman–Crippen MR) is 69.0 cm³/mol. The molecule has 1 rings (SSSR count). The Hall–Kier alpha value is -0.820. The van der Waals surface area contributed by atoms with Gasteiger partial charge in [-0.3, -0.25) is 4.79 Å². The van der Waals surface area contributed by atoms with Crippen molar-refractivity contribution in [2.45, 2.75) is 39.5 Å². The van der Waals surface area contributed by atoms with Gasteiger partial charge in [-0.1, -0.05) is 52.0 Å². The molecule has 16 heavy (non-hydrogen) atoms. The summed E-state index contributed by atoms with van der Waals surface area (Å²) < 4.78 is 0. The Bertz CT molecular complexity index is 369. The molecule has 88 valence electrons. The second kappa shape index (κ2) is 5.49. The summed E-state index contributed by atoms with van der Waals surface area (Å²) in [5.41, 5.74) is 2.28. The second-order valence-electron chi connectivity index (χ2n) is 4.85. The fraction of sp³-hybridized carbons (Fsp3) is 0.500. The molecule has 1 aromatic carbocycles. The van der Waals surface area contributed by atoms with Crippen LogP contribution in [0.4, 0.5) is 0 Å². The van der Waals surface area contributed by atoms with Crippen LogP contribution in [-0.4, -0.2) is 5.24 Å². The number of hydrogen-bond acceptors (Lipinski definition) is 1. The van der Waals surface area contributed by atoms with Gasteiger partial charge < -0.3 is 0 Å². The van der Waals surface area contributed by atoms with Crippen LogP contribution >= 0.6 is 11.6 Å². The summed E-state index contributed by atoms with van der Waals surface area (Å²) in [5, 5.41) is -0.268. The van der Waals surface area contributed by atoms with Gasteiger partial charge in [-0.15, -0.1) is 0 Å². The fourth-order valence-electron chi connectivity index (χ4n) is 1.89. The molecular weight excluding hydrogens is 220 g/mol. The maximum Gasteiger partial charge on any atom is 0.229 e. The summed E-state index contributed by atoms with van der Waals surface area (Å²) in [6, 6.07) is 8.16. The molecule has 1 atom stereocenters. The lowest BCUT2D eigenvalue weighted by atomic mass is 9.87. The maximum atomic E-state index is 11.4. The van der Waals surface area contributed by atoms with Crippen LogP contribution in [0.15, 0.2) is 24.3 Å². The lowest BCUT2D eigenvalue weighted by Crippen LogP contribution is -2.13. The van der Waals surface area contributed by atoms with E-state index in [1.807, 2.05) is 26.0 Å². The van der Waals surface area contributed by atoms with Crippen LogP contribution in [0, 0.1) is 5.92 Å². The van der Waals surface area contributed by atoms with E-state index in [0.717, 1.165) is 5.56 Å². The molecule has 0 bridgehead atoms. The lowest BCUT2D eigenvalue weighted by molar-refractivity contribution is -0.113. The lowest BCUT2D eigenvalue weighted by Gasteiger charge is -2.18. The van der Waals surface area contributed by atoms with Gasteiger partial charge in [0.2, 0.25) is 5.24 Å². The van der Waals surface area contributed by atoms with Crippen molar-refractivity contribution in [1.29, 1.82) is 0 Å². The highest BCUT2D eigenvalue weighted by Gasteiger charge is 2.22. The van der Waals surface area contributed by atoms with Crippen molar-refractivity contribution in [1.82, 2.24) is 0 Å². The number of hydrogen-bond donors (Lipinski definition) is 0. The zero-order valence-electron chi connectivity index (χ0n) is 10.3. The number of carbonyl (C=O) groups is 1. The van der Waals surface area contributed by atoms with E-state index in [9.17, 15) is 4.79 Å². The van der Waals surface area contributed by atoms with Gasteiger partial charge in [-0.25, -0.2) is 0 Å². The minimum atomic E-state index is -0.268. The molecular formula is C14H19ClO. The molecule has 1 aromatic rings. The highest BCUT2D eigenvalue weighted by molar-refractivity contribution is 6.64. The van der Waals surface area contributed by atoms with Crippen LogP contribution in [0.1, 0.15) is 50.7 Å². The summed E-state index contributed by atoms with van der Waals surface area (Å²) in [6.07, 6.45) is 0. The number of carbonyl (C=O) groups excluding carboxylic acids is 1. The van der Waals surface area contributed by atoms with E-state index in [0.29, 0.717) is 5.92 Å². The third-order valence-corrected chi connectivity index (χ3v) is 3.08. The van der Waals surface area contributed by atoms with Crippen molar-refractivity contribution in [3.8, 4) is 0 Å². The standard InChI is InChI=1S/C14H19ClO/c1-9(2)11-6-5-7-12(8-11)13(10(3)4)14(15)16/h5-10,13H,1-4H3. The third-order valence-electron chi connectivity index (χ3n) is 2.85. The van der Waals surface area contributed by atoms with Crippen LogP contribution in [0.5, 0.6) is 0 Å². The molecule has 0 heterocycles. The summed E-state index contributed by atoms with van der Waals surface area (Å²) in [6.45, 7) is 8.33. The Balaban J connectivity index is 3.10. The minimum absolute atomic E-state index is 0.194. The number of rotatable bonds is 4. The molecule has 0 aromatic heterocycles. The van der Waals surface area contributed by atoms with E-state index >= 15 is 0 Å². The Morgan fingerprint density at radius 1 is 1.12 bits per heavy atom. The van der Waals surface area contributed by atoms with Crippen molar-refractivity contribution >= 4 is 16.8 Å². The molecule has 0 aliphatic heterocycles. The van der Waals surface area contributed by atoms with E-state index in [1.165, 1.54) is 5.56 Å². The normalized spacial score (nSPS) is 13.2. The SMILES string of the molecule is CC(C)c1cccc(C(C(=O)Cl)C(C)C)c1. The monoisotopic (exact) mass is 238 g/mol.